The van der Waals surface area contributed by atoms with Crippen molar-refractivity contribution in [1.82, 2.24) is 0 Å². The number of hydrazone groups is 1. The third kappa shape index (κ3) is 2.95. The van der Waals surface area contributed by atoms with E-state index in [-0.39, 0.29) is 0 Å². The summed E-state index contributed by atoms with van der Waals surface area (Å²) in [5.74, 6) is 0.858. The van der Waals surface area contributed by atoms with Crippen molar-refractivity contribution in [2.75, 3.05) is 5.43 Å². The second kappa shape index (κ2) is 5.89. The Morgan fingerprint density at radius 1 is 0.900 bits per heavy atom. The molecule has 0 aliphatic heterocycles. The van der Waals surface area contributed by atoms with Crippen LogP contribution in [0.2, 0.25) is 0 Å². The summed E-state index contributed by atoms with van der Waals surface area (Å²) in [6.07, 6.45) is 3.46. The Labute approximate surface area is 117 Å². The number of benzene rings is 2. The molecule has 3 rings (SSSR count). The molecule has 3 heteroatoms. The van der Waals surface area contributed by atoms with Gasteiger partial charge in [-0.15, -0.1) is 0 Å². The first-order valence-electron chi connectivity index (χ1n) is 6.40. The summed E-state index contributed by atoms with van der Waals surface area (Å²) in [6, 6.07) is 21.7. The van der Waals surface area contributed by atoms with Crippen LogP contribution in [0.5, 0.6) is 0 Å². The molecule has 0 saturated carbocycles. The van der Waals surface area contributed by atoms with Gasteiger partial charge in [0.15, 0.2) is 0 Å². The predicted molar refractivity (Wildman–Crippen MR) is 81.8 cm³/mol. The van der Waals surface area contributed by atoms with Gasteiger partial charge in [0.05, 0.1) is 18.2 Å². The van der Waals surface area contributed by atoms with E-state index in [1.165, 1.54) is 0 Å². The topological polar surface area (TPSA) is 37.5 Å². The molecule has 0 radical (unpaired) electrons. The highest BCUT2D eigenvalue weighted by atomic mass is 16.3. The molecule has 0 saturated heterocycles. The molecular formula is C17H14N2O. The molecule has 20 heavy (non-hydrogen) atoms. The number of para-hydroxylation sites is 1. The summed E-state index contributed by atoms with van der Waals surface area (Å²) < 4.78 is 5.39. The van der Waals surface area contributed by atoms with Gasteiger partial charge in [-0.3, -0.25) is 5.43 Å². The monoisotopic (exact) mass is 262 g/mol. The van der Waals surface area contributed by atoms with Gasteiger partial charge in [0.1, 0.15) is 5.76 Å². The first-order chi connectivity index (χ1) is 9.92. The summed E-state index contributed by atoms with van der Waals surface area (Å²) >= 11 is 0. The Morgan fingerprint density at radius 3 is 2.60 bits per heavy atom. The van der Waals surface area contributed by atoms with E-state index in [4.69, 9.17) is 4.42 Å². The van der Waals surface area contributed by atoms with Gasteiger partial charge in [-0.25, -0.2) is 0 Å². The maximum Gasteiger partial charge on any atom is 0.133 e. The highest BCUT2D eigenvalue weighted by molar-refractivity contribution is 5.82. The van der Waals surface area contributed by atoms with Crippen molar-refractivity contribution in [2.45, 2.75) is 0 Å². The highest BCUT2D eigenvalue weighted by Gasteiger charge is 2.00. The molecule has 3 nitrogen and oxygen atoms in total. The van der Waals surface area contributed by atoms with E-state index in [0.717, 1.165) is 22.6 Å². The maximum atomic E-state index is 5.39. The van der Waals surface area contributed by atoms with Crippen LogP contribution in [0.15, 0.2) is 82.5 Å². The second-order valence-corrected chi connectivity index (χ2v) is 4.34. The Kier molecular flexibility index (Phi) is 3.60. The lowest BCUT2D eigenvalue weighted by molar-refractivity contribution is 0.582. The highest BCUT2D eigenvalue weighted by Crippen LogP contribution is 2.20. The molecule has 98 valence electrons. The van der Waals surface area contributed by atoms with Gasteiger partial charge < -0.3 is 4.42 Å². The molecule has 1 N–H and O–H groups in total. The molecule has 2 aromatic carbocycles. The summed E-state index contributed by atoms with van der Waals surface area (Å²) in [5, 5.41) is 4.23. The lowest BCUT2D eigenvalue weighted by Crippen LogP contribution is -1.90. The summed E-state index contributed by atoms with van der Waals surface area (Å²) in [5.41, 5.74) is 6.01. The lowest BCUT2D eigenvalue weighted by atomic mass is 10.1. The van der Waals surface area contributed by atoms with Gasteiger partial charge in [0.25, 0.3) is 0 Å². The van der Waals surface area contributed by atoms with E-state index in [2.05, 4.69) is 10.5 Å². The van der Waals surface area contributed by atoms with Gasteiger partial charge in [-0.05, 0) is 35.9 Å². The third-order valence-corrected chi connectivity index (χ3v) is 2.87. The van der Waals surface area contributed by atoms with Crippen LogP contribution >= 0.6 is 0 Å². The average molecular weight is 262 g/mol. The third-order valence-electron chi connectivity index (χ3n) is 2.87. The molecule has 0 aliphatic rings. The number of nitrogens with one attached hydrogen (secondary N) is 1. The zero-order valence-electron chi connectivity index (χ0n) is 10.9. The number of rotatable bonds is 4. The Bertz CT molecular complexity index is 688. The standard InChI is InChI=1S/C17H14N2O/c1-2-8-16(9-3-1)19-18-13-14-6-4-7-15(12-14)17-10-5-11-20-17/h1-13,19H. The zero-order chi connectivity index (χ0) is 13.6. The van der Waals surface area contributed by atoms with Crippen molar-refractivity contribution in [1.29, 1.82) is 0 Å². The van der Waals surface area contributed by atoms with Gasteiger partial charge in [-0.2, -0.15) is 5.10 Å². The molecule has 0 unspecified atom stereocenters. The molecule has 0 aliphatic carbocycles. The molecule has 0 spiro atoms. The van der Waals surface area contributed by atoms with Crippen molar-refractivity contribution in [2.24, 2.45) is 5.10 Å². The molecule has 1 aromatic heterocycles. The van der Waals surface area contributed by atoms with E-state index in [1.807, 2.05) is 66.7 Å². The first-order valence-corrected chi connectivity index (χ1v) is 6.40. The van der Waals surface area contributed by atoms with Crippen LogP contribution in [-0.4, -0.2) is 6.21 Å². The average Bonchev–Trinajstić information content (AvgIpc) is 3.03. The van der Waals surface area contributed by atoms with E-state index < -0.39 is 0 Å². The molecule has 0 amide bonds. The molecule has 1 heterocycles. The van der Waals surface area contributed by atoms with Crippen LogP contribution in [0.25, 0.3) is 11.3 Å². The minimum atomic E-state index is 0.858. The number of furan rings is 1. The minimum Gasteiger partial charge on any atom is -0.464 e. The number of hydrogen-bond donors (Lipinski definition) is 1. The first kappa shape index (κ1) is 12.2. The fourth-order valence-corrected chi connectivity index (χ4v) is 1.91. The lowest BCUT2D eigenvalue weighted by Gasteiger charge is -2.00. The Hall–Kier alpha value is -2.81. The summed E-state index contributed by atoms with van der Waals surface area (Å²) in [7, 11) is 0. The Balaban J connectivity index is 1.73. The van der Waals surface area contributed by atoms with Crippen molar-refractivity contribution >= 4 is 11.9 Å². The number of anilines is 1. The van der Waals surface area contributed by atoms with Crippen LogP contribution in [0, 0.1) is 0 Å². The van der Waals surface area contributed by atoms with Crippen LogP contribution in [-0.2, 0) is 0 Å². The molecule has 0 fully saturated rings. The summed E-state index contributed by atoms with van der Waals surface area (Å²) in [6.45, 7) is 0. The van der Waals surface area contributed by atoms with Crippen molar-refractivity contribution in [3.8, 4) is 11.3 Å². The van der Waals surface area contributed by atoms with Gasteiger partial charge in [-0.1, -0.05) is 36.4 Å². The van der Waals surface area contributed by atoms with Crippen molar-refractivity contribution < 1.29 is 4.42 Å². The fourth-order valence-electron chi connectivity index (χ4n) is 1.91. The summed E-state index contributed by atoms with van der Waals surface area (Å²) in [4.78, 5) is 0. The van der Waals surface area contributed by atoms with E-state index in [0.29, 0.717) is 0 Å². The quantitative estimate of drug-likeness (QED) is 0.559. The minimum absolute atomic E-state index is 0.858. The van der Waals surface area contributed by atoms with E-state index >= 15 is 0 Å². The normalized spacial score (nSPS) is 10.8. The zero-order valence-corrected chi connectivity index (χ0v) is 10.9. The number of nitrogens with zero attached hydrogens (tertiary/aromatic N) is 1. The van der Waals surface area contributed by atoms with E-state index in [1.54, 1.807) is 12.5 Å². The van der Waals surface area contributed by atoms with Gasteiger partial charge >= 0.3 is 0 Å². The van der Waals surface area contributed by atoms with Crippen LogP contribution in [0.4, 0.5) is 5.69 Å². The maximum absolute atomic E-state index is 5.39. The number of hydrogen-bond acceptors (Lipinski definition) is 3. The molecular weight excluding hydrogens is 248 g/mol. The van der Waals surface area contributed by atoms with Crippen molar-refractivity contribution in [3.63, 3.8) is 0 Å². The van der Waals surface area contributed by atoms with Crippen LogP contribution in [0.1, 0.15) is 5.56 Å². The smallest absolute Gasteiger partial charge is 0.133 e. The fraction of sp³-hybridized carbons (Fsp3) is 0. The van der Waals surface area contributed by atoms with Crippen molar-refractivity contribution in [3.05, 3.63) is 78.6 Å². The Morgan fingerprint density at radius 2 is 1.80 bits per heavy atom. The van der Waals surface area contributed by atoms with Gasteiger partial charge in [0.2, 0.25) is 0 Å². The van der Waals surface area contributed by atoms with Gasteiger partial charge in [0, 0.05) is 5.56 Å². The second-order valence-electron chi connectivity index (χ2n) is 4.34. The van der Waals surface area contributed by atoms with Crippen LogP contribution < -0.4 is 5.43 Å². The van der Waals surface area contributed by atoms with E-state index in [9.17, 15) is 0 Å². The molecule has 0 bridgehead atoms. The largest absolute Gasteiger partial charge is 0.464 e. The predicted octanol–water partition coefficient (Wildman–Crippen LogP) is 4.39. The molecule has 0 atom stereocenters. The SMILES string of the molecule is C(=NNc1ccccc1)c1cccc(-c2ccco2)c1. The van der Waals surface area contributed by atoms with Crippen LogP contribution in [0.3, 0.4) is 0 Å². The molecule has 3 aromatic rings.